The molecule has 0 aliphatic carbocycles. The number of alkyl halides is 1. The van der Waals surface area contributed by atoms with Crippen LogP contribution in [0.1, 0.15) is 18.5 Å². The first-order valence-corrected chi connectivity index (χ1v) is 4.94. The molecule has 0 amide bonds. The molecule has 0 saturated carbocycles. The predicted octanol–water partition coefficient (Wildman–Crippen LogP) is 1.72. The largest absolute Gasteiger partial charge is 0.338 e. The van der Waals surface area contributed by atoms with E-state index in [2.05, 4.69) is 9.97 Å². The van der Waals surface area contributed by atoms with E-state index in [0.717, 1.165) is 18.7 Å². The second-order valence-electron chi connectivity index (χ2n) is 3.68. The highest BCUT2D eigenvalue weighted by molar-refractivity contribution is 5.30. The zero-order valence-electron chi connectivity index (χ0n) is 8.28. The number of rotatable bonds is 1. The van der Waals surface area contributed by atoms with Gasteiger partial charge in [-0.3, -0.25) is 0 Å². The fourth-order valence-electron chi connectivity index (χ4n) is 1.70. The van der Waals surface area contributed by atoms with Crippen molar-refractivity contribution in [1.29, 1.82) is 0 Å². The summed E-state index contributed by atoms with van der Waals surface area (Å²) in [5, 5.41) is 0. The summed E-state index contributed by atoms with van der Waals surface area (Å²) in [7, 11) is 0. The van der Waals surface area contributed by atoms with Gasteiger partial charge in [-0.1, -0.05) is 0 Å². The Morgan fingerprint density at radius 3 is 3.14 bits per heavy atom. The Labute approximate surface area is 83.0 Å². The van der Waals surface area contributed by atoms with E-state index in [1.807, 2.05) is 17.9 Å². The first kappa shape index (κ1) is 9.37. The molecule has 0 bridgehead atoms. The third kappa shape index (κ3) is 2.00. The first-order valence-electron chi connectivity index (χ1n) is 4.94. The van der Waals surface area contributed by atoms with Crippen LogP contribution < -0.4 is 4.90 Å². The van der Waals surface area contributed by atoms with Gasteiger partial charge in [0.25, 0.3) is 0 Å². The normalized spacial score (nSPS) is 22.4. The molecule has 0 aromatic carbocycles. The van der Waals surface area contributed by atoms with Gasteiger partial charge in [-0.05, 0) is 25.8 Å². The summed E-state index contributed by atoms with van der Waals surface area (Å²) in [4.78, 5) is 10.3. The van der Waals surface area contributed by atoms with Crippen LogP contribution in [0.2, 0.25) is 0 Å². The van der Waals surface area contributed by atoms with Crippen LogP contribution in [0.5, 0.6) is 0 Å². The van der Waals surface area contributed by atoms with Crippen LogP contribution in [-0.2, 0) is 0 Å². The Balaban J connectivity index is 2.14. The lowest BCUT2D eigenvalue weighted by Crippen LogP contribution is -2.37. The third-order valence-corrected chi connectivity index (χ3v) is 2.43. The molecule has 1 aliphatic rings. The Hall–Kier alpha value is -1.19. The number of anilines is 1. The molecule has 0 spiro atoms. The average Bonchev–Trinajstić information content (AvgIpc) is 2.18. The minimum Gasteiger partial charge on any atom is -0.338 e. The van der Waals surface area contributed by atoms with E-state index >= 15 is 0 Å². The lowest BCUT2D eigenvalue weighted by molar-refractivity contribution is 0.285. The zero-order chi connectivity index (χ0) is 9.97. The summed E-state index contributed by atoms with van der Waals surface area (Å²) in [6.07, 6.45) is 2.55. The Morgan fingerprint density at radius 2 is 2.43 bits per heavy atom. The van der Waals surface area contributed by atoms with Crippen molar-refractivity contribution in [1.82, 2.24) is 9.97 Å². The summed E-state index contributed by atoms with van der Waals surface area (Å²) < 4.78 is 13.1. The smallest absolute Gasteiger partial charge is 0.225 e. The van der Waals surface area contributed by atoms with Gasteiger partial charge < -0.3 is 4.90 Å². The van der Waals surface area contributed by atoms with Gasteiger partial charge in [-0.15, -0.1) is 0 Å². The number of piperidine rings is 1. The molecular formula is C10H14FN3. The maximum absolute atomic E-state index is 13.1. The minimum absolute atomic E-state index is 0.434. The maximum Gasteiger partial charge on any atom is 0.225 e. The van der Waals surface area contributed by atoms with Crippen LogP contribution in [0, 0.1) is 6.92 Å². The van der Waals surface area contributed by atoms with E-state index in [9.17, 15) is 4.39 Å². The van der Waals surface area contributed by atoms with Crippen molar-refractivity contribution in [3.63, 3.8) is 0 Å². The van der Waals surface area contributed by atoms with E-state index in [4.69, 9.17) is 0 Å². The second-order valence-corrected chi connectivity index (χ2v) is 3.68. The molecule has 4 heteroatoms. The van der Waals surface area contributed by atoms with Crippen LogP contribution in [0.15, 0.2) is 12.3 Å². The number of nitrogens with zero attached hydrogens (tertiary/aromatic N) is 3. The summed E-state index contributed by atoms with van der Waals surface area (Å²) >= 11 is 0. The van der Waals surface area contributed by atoms with Gasteiger partial charge in [0.15, 0.2) is 0 Å². The summed E-state index contributed by atoms with van der Waals surface area (Å²) in [6, 6.07) is 1.85. The molecule has 1 unspecified atom stereocenters. The molecule has 1 fully saturated rings. The maximum atomic E-state index is 13.1. The topological polar surface area (TPSA) is 29.0 Å². The summed E-state index contributed by atoms with van der Waals surface area (Å²) in [5.74, 6) is 0.660. The molecule has 14 heavy (non-hydrogen) atoms. The van der Waals surface area contributed by atoms with E-state index in [1.165, 1.54) is 0 Å². The van der Waals surface area contributed by atoms with Gasteiger partial charge in [-0.2, -0.15) is 0 Å². The van der Waals surface area contributed by atoms with Gasteiger partial charge in [0.1, 0.15) is 6.17 Å². The molecule has 1 aromatic rings. The van der Waals surface area contributed by atoms with Gasteiger partial charge in [0.05, 0.1) is 6.54 Å². The van der Waals surface area contributed by atoms with E-state index in [0.29, 0.717) is 18.9 Å². The standard InChI is InChI=1S/C10H14FN3/c1-8-4-5-12-10(13-8)14-6-2-3-9(11)7-14/h4-5,9H,2-3,6-7H2,1H3. The highest BCUT2D eigenvalue weighted by atomic mass is 19.1. The molecule has 1 aliphatic heterocycles. The lowest BCUT2D eigenvalue weighted by Gasteiger charge is -2.28. The molecule has 2 heterocycles. The monoisotopic (exact) mass is 195 g/mol. The molecule has 0 radical (unpaired) electrons. The van der Waals surface area contributed by atoms with E-state index < -0.39 is 6.17 Å². The van der Waals surface area contributed by atoms with Crippen LogP contribution in [0.4, 0.5) is 10.3 Å². The third-order valence-electron chi connectivity index (χ3n) is 2.43. The van der Waals surface area contributed by atoms with Gasteiger partial charge in [0, 0.05) is 18.4 Å². The minimum atomic E-state index is -0.729. The van der Waals surface area contributed by atoms with Crippen molar-refractivity contribution in [2.75, 3.05) is 18.0 Å². The van der Waals surface area contributed by atoms with Crippen molar-refractivity contribution >= 4 is 5.95 Å². The van der Waals surface area contributed by atoms with Crippen molar-refractivity contribution < 1.29 is 4.39 Å². The second kappa shape index (κ2) is 3.90. The van der Waals surface area contributed by atoms with E-state index in [-0.39, 0.29) is 0 Å². The molecule has 0 N–H and O–H groups in total. The van der Waals surface area contributed by atoms with Crippen molar-refractivity contribution in [2.45, 2.75) is 25.9 Å². The molecule has 1 aromatic heterocycles. The fourth-order valence-corrected chi connectivity index (χ4v) is 1.70. The molecule has 3 nitrogen and oxygen atoms in total. The highest BCUT2D eigenvalue weighted by Crippen LogP contribution is 2.17. The summed E-state index contributed by atoms with van der Waals surface area (Å²) in [5.41, 5.74) is 0.927. The Morgan fingerprint density at radius 1 is 1.57 bits per heavy atom. The molecule has 2 rings (SSSR count). The quantitative estimate of drug-likeness (QED) is 0.683. The number of aromatic nitrogens is 2. The number of hydrogen-bond donors (Lipinski definition) is 0. The molecule has 1 atom stereocenters. The Kier molecular flexibility index (Phi) is 2.61. The number of aryl methyl sites for hydroxylation is 1. The Bertz CT molecular complexity index is 316. The van der Waals surface area contributed by atoms with Crippen LogP contribution in [-0.4, -0.2) is 29.2 Å². The highest BCUT2D eigenvalue weighted by Gasteiger charge is 2.20. The lowest BCUT2D eigenvalue weighted by atomic mass is 10.1. The van der Waals surface area contributed by atoms with Crippen molar-refractivity contribution in [3.05, 3.63) is 18.0 Å². The predicted molar refractivity (Wildman–Crippen MR) is 53.1 cm³/mol. The van der Waals surface area contributed by atoms with Crippen LogP contribution >= 0.6 is 0 Å². The van der Waals surface area contributed by atoms with Gasteiger partial charge in [0.2, 0.25) is 5.95 Å². The van der Waals surface area contributed by atoms with Gasteiger partial charge >= 0.3 is 0 Å². The molecule has 76 valence electrons. The molecular weight excluding hydrogens is 181 g/mol. The zero-order valence-corrected chi connectivity index (χ0v) is 8.28. The first-order chi connectivity index (χ1) is 6.75. The van der Waals surface area contributed by atoms with E-state index in [1.54, 1.807) is 6.20 Å². The average molecular weight is 195 g/mol. The van der Waals surface area contributed by atoms with Crippen molar-refractivity contribution in [3.8, 4) is 0 Å². The van der Waals surface area contributed by atoms with Crippen molar-refractivity contribution in [2.24, 2.45) is 0 Å². The molecule has 1 saturated heterocycles. The number of hydrogen-bond acceptors (Lipinski definition) is 3. The van der Waals surface area contributed by atoms with Crippen LogP contribution in [0.25, 0.3) is 0 Å². The fraction of sp³-hybridized carbons (Fsp3) is 0.600. The SMILES string of the molecule is Cc1ccnc(N2CCCC(F)C2)n1. The summed E-state index contributed by atoms with van der Waals surface area (Å²) in [6.45, 7) is 3.22. The number of halogens is 1. The van der Waals surface area contributed by atoms with Gasteiger partial charge in [-0.25, -0.2) is 14.4 Å². The van der Waals surface area contributed by atoms with Crippen LogP contribution in [0.3, 0.4) is 0 Å².